The van der Waals surface area contributed by atoms with Crippen molar-refractivity contribution < 1.29 is 9.90 Å². The van der Waals surface area contributed by atoms with Crippen LogP contribution in [-0.4, -0.2) is 34.2 Å². The first-order valence-corrected chi connectivity index (χ1v) is 7.38. The van der Waals surface area contributed by atoms with Gasteiger partial charge in [-0.25, -0.2) is 4.79 Å². The van der Waals surface area contributed by atoms with Crippen LogP contribution in [0.2, 0.25) is 5.02 Å². The van der Waals surface area contributed by atoms with Crippen molar-refractivity contribution in [3.63, 3.8) is 0 Å². The highest BCUT2D eigenvalue weighted by Crippen LogP contribution is 2.14. The number of hydrogen-bond donors (Lipinski definition) is 2. The molecule has 22 heavy (non-hydrogen) atoms. The second-order valence-corrected chi connectivity index (χ2v) is 5.23. The first-order valence-electron chi connectivity index (χ1n) is 7.00. The van der Waals surface area contributed by atoms with E-state index in [1.54, 1.807) is 35.5 Å². The van der Waals surface area contributed by atoms with Crippen LogP contribution >= 0.6 is 11.6 Å². The lowest BCUT2D eigenvalue weighted by Crippen LogP contribution is -2.35. The van der Waals surface area contributed by atoms with E-state index < -0.39 is 0 Å². The Hall–Kier alpha value is -2.11. The van der Waals surface area contributed by atoms with E-state index in [1.165, 1.54) is 0 Å². The quantitative estimate of drug-likeness (QED) is 0.859. The molecule has 0 unspecified atom stereocenters. The van der Waals surface area contributed by atoms with Gasteiger partial charge in [0.1, 0.15) is 0 Å². The first-order chi connectivity index (χ1) is 10.7. The lowest BCUT2D eigenvalue weighted by atomic mass is 10.2. The largest absolute Gasteiger partial charge is 0.396 e. The van der Waals surface area contributed by atoms with Gasteiger partial charge in [-0.3, -0.25) is 4.98 Å². The summed E-state index contributed by atoms with van der Waals surface area (Å²) < 4.78 is 0. The molecule has 2 N–H and O–H groups in total. The van der Waals surface area contributed by atoms with Gasteiger partial charge < -0.3 is 15.3 Å². The number of nitrogens with one attached hydrogen (secondary N) is 1. The molecular weight excluding hydrogens is 302 g/mol. The molecular formula is C16H18ClN3O2. The summed E-state index contributed by atoms with van der Waals surface area (Å²) in [6, 6.07) is 10.6. The average molecular weight is 320 g/mol. The van der Waals surface area contributed by atoms with Crippen molar-refractivity contribution in [3.8, 4) is 0 Å². The van der Waals surface area contributed by atoms with Gasteiger partial charge in [0.05, 0.1) is 0 Å². The molecule has 116 valence electrons. The molecule has 0 spiro atoms. The maximum Gasteiger partial charge on any atom is 0.322 e. The van der Waals surface area contributed by atoms with E-state index in [0.717, 1.165) is 5.56 Å². The van der Waals surface area contributed by atoms with E-state index in [4.69, 9.17) is 16.7 Å². The van der Waals surface area contributed by atoms with Gasteiger partial charge in [0, 0.05) is 42.8 Å². The zero-order valence-corrected chi connectivity index (χ0v) is 12.8. The van der Waals surface area contributed by atoms with Crippen molar-refractivity contribution in [3.05, 3.63) is 59.4 Å². The van der Waals surface area contributed by atoms with Crippen molar-refractivity contribution in [1.29, 1.82) is 0 Å². The van der Waals surface area contributed by atoms with Gasteiger partial charge in [-0.15, -0.1) is 0 Å². The van der Waals surface area contributed by atoms with E-state index >= 15 is 0 Å². The van der Waals surface area contributed by atoms with E-state index in [0.29, 0.717) is 30.2 Å². The van der Waals surface area contributed by atoms with Crippen molar-refractivity contribution in [2.45, 2.75) is 13.0 Å². The highest BCUT2D eigenvalue weighted by atomic mass is 35.5. The molecule has 0 saturated heterocycles. The normalized spacial score (nSPS) is 10.3. The number of aromatic nitrogens is 1. The second kappa shape index (κ2) is 8.36. The van der Waals surface area contributed by atoms with E-state index in [1.807, 2.05) is 18.2 Å². The Bertz CT molecular complexity index is 607. The number of halogens is 1. The molecule has 0 aliphatic carbocycles. The smallest absolute Gasteiger partial charge is 0.322 e. The summed E-state index contributed by atoms with van der Waals surface area (Å²) in [4.78, 5) is 17.9. The lowest BCUT2D eigenvalue weighted by molar-refractivity contribution is 0.199. The summed E-state index contributed by atoms with van der Waals surface area (Å²) in [5.74, 6) is 0. The maximum atomic E-state index is 12.4. The standard InChI is InChI=1S/C16H18ClN3O2/c17-14-4-1-3-13(11-14)12-20(9-2-10-21)16(22)19-15-5-7-18-8-6-15/h1,3-8,11,21H,2,9-10,12H2,(H,18,19,22). The Morgan fingerprint density at radius 3 is 2.73 bits per heavy atom. The Morgan fingerprint density at radius 1 is 1.27 bits per heavy atom. The van der Waals surface area contributed by atoms with E-state index in [9.17, 15) is 4.79 Å². The number of nitrogens with zero attached hydrogens (tertiary/aromatic N) is 2. The minimum Gasteiger partial charge on any atom is -0.396 e. The highest BCUT2D eigenvalue weighted by molar-refractivity contribution is 6.30. The van der Waals surface area contributed by atoms with Crippen molar-refractivity contribution in [2.75, 3.05) is 18.5 Å². The fourth-order valence-electron chi connectivity index (χ4n) is 2.01. The van der Waals surface area contributed by atoms with Gasteiger partial charge >= 0.3 is 6.03 Å². The van der Waals surface area contributed by atoms with Crippen molar-refractivity contribution in [1.82, 2.24) is 9.88 Å². The van der Waals surface area contributed by atoms with Crippen LogP contribution in [0.15, 0.2) is 48.8 Å². The molecule has 0 aliphatic rings. The number of carbonyl (C=O) groups excluding carboxylic acids is 1. The summed E-state index contributed by atoms with van der Waals surface area (Å²) in [5.41, 5.74) is 1.62. The van der Waals surface area contributed by atoms with E-state index in [2.05, 4.69) is 10.3 Å². The summed E-state index contributed by atoms with van der Waals surface area (Å²) in [5, 5.41) is 12.5. The summed E-state index contributed by atoms with van der Waals surface area (Å²) in [6.07, 6.45) is 3.75. The van der Waals surface area contributed by atoms with Crippen molar-refractivity contribution >= 4 is 23.3 Å². The Labute approximate surface area is 134 Å². The van der Waals surface area contributed by atoms with Crippen molar-refractivity contribution in [2.24, 2.45) is 0 Å². The number of pyridine rings is 1. The monoisotopic (exact) mass is 319 g/mol. The summed E-state index contributed by atoms with van der Waals surface area (Å²) in [7, 11) is 0. The van der Waals surface area contributed by atoms with Gasteiger partial charge in [-0.2, -0.15) is 0 Å². The molecule has 0 fully saturated rings. The number of anilines is 1. The number of hydrogen-bond acceptors (Lipinski definition) is 3. The van der Waals surface area contributed by atoms with Crippen LogP contribution in [0.4, 0.5) is 10.5 Å². The summed E-state index contributed by atoms with van der Waals surface area (Å²) in [6.45, 7) is 0.923. The molecule has 0 radical (unpaired) electrons. The number of rotatable bonds is 6. The molecule has 0 saturated carbocycles. The molecule has 1 aromatic heterocycles. The number of urea groups is 1. The van der Waals surface area contributed by atoms with Gasteiger partial charge in [0.15, 0.2) is 0 Å². The maximum absolute atomic E-state index is 12.4. The highest BCUT2D eigenvalue weighted by Gasteiger charge is 2.14. The molecule has 2 rings (SSSR count). The van der Waals surface area contributed by atoms with Crippen LogP contribution in [0.25, 0.3) is 0 Å². The number of benzene rings is 1. The fourth-order valence-corrected chi connectivity index (χ4v) is 2.22. The third kappa shape index (κ3) is 5.02. The minimum atomic E-state index is -0.223. The van der Waals surface area contributed by atoms with Crippen LogP contribution in [0.5, 0.6) is 0 Å². The molecule has 6 heteroatoms. The topological polar surface area (TPSA) is 65.5 Å². The first kappa shape index (κ1) is 16.3. The number of carbonyl (C=O) groups is 1. The van der Waals surface area contributed by atoms with Crippen LogP contribution < -0.4 is 5.32 Å². The molecule has 2 amide bonds. The SMILES string of the molecule is O=C(Nc1ccncc1)N(CCCO)Cc1cccc(Cl)c1. The molecule has 5 nitrogen and oxygen atoms in total. The van der Waals surface area contributed by atoms with Gasteiger partial charge in [-0.1, -0.05) is 23.7 Å². The Balaban J connectivity index is 2.06. The average Bonchev–Trinajstić information content (AvgIpc) is 2.52. The summed E-state index contributed by atoms with van der Waals surface area (Å²) >= 11 is 5.98. The predicted octanol–water partition coefficient (Wildman–Crippen LogP) is 3.15. The molecule has 0 atom stereocenters. The number of aliphatic hydroxyl groups is 1. The number of aliphatic hydroxyl groups excluding tert-OH is 1. The Kier molecular flexibility index (Phi) is 6.18. The lowest BCUT2D eigenvalue weighted by Gasteiger charge is -2.23. The number of amides is 2. The zero-order valence-electron chi connectivity index (χ0n) is 12.1. The molecule has 0 aliphatic heterocycles. The van der Waals surface area contributed by atoms with Gasteiger partial charge in [0.25, 0.3) is 0 Å². The molecule has 2 aromatic rings. The molecule has 1 aromatic carbocycles. The van der Waals surface area contributed by atoms with Gasteiger partial charge in [0.2, 0.25) is 0 Å². The minimum absolute atomic E-state index is 0.0363. The third-order valence-electron chi connectivity index (χ3n) is 3.07. The zero-order chi connectivity index (χ0) is 15.8. The molecule has 1 heterocycles. The third-order valence-corrected chi connectivity index (χ3v) is 3.30. The molecule has 0 bridgehead atoms. The second-order valence-electron chi connectivity index (χ2n) is 4.79. The fraction of sp³-hybridized carbons (Fsp3) is 0.250. The Morgan fingerprint density at radius 2 is 2.05 bits per heavy atom. The van der Waals surface area contributed by atoms with Crippen LogP contribution in [0.1, 0.15) is 12.0 Å². The van der Waals surface area contributed by atoms with Crippen LogP contribution in [0, 0.1) is 0 Å². The van der Waals surface area contributed by atoms with Gasteiger partial charge in [-0.05, 0) is 36.2 Å². The van der Waals surface area contributed by atoms with E-state index in [-0.39, 0.29) is 12.6 Å². The van der Waals surface area contributed by atoms with Crippen LogP contribution in [-0.2, 0) is 6.54 Å². The van der Waals surface area contributed by atoms with Crippen LogP contribution in [0.3, 0.4) is 0 Å². The predicted molar refractivity (Wildman–Crippen MR) is 86.8 cm³/mol.